The summed E-state index contributed by atoms with van der Waals surface area (Å²) in [6.07, 6.45) is -6.00. The van der Waals surface area contributed by atoms with E-state index in [1.54, 1.807) is 0 Å². The number of anilines is 3. The van der Waals surface area contributed by atoms with Crippen LogP contribution in [0.1, 0.15) is 33.1 Å². The van der Waals surface area contributed by atoms with Crippen LogP contribution in [0.25, 0.3) is 0 Å². The lowest BCUT2D eigenvalue weighted by Gasteiger charge is -2.27. The number of ether oxygens (including phenoxy) is 1. The molecule has 1 fully saturated rings. The standard InChI is InChI=1S/C27H18ClF5N4O5/c28-18-3-1-12(29)7-15(18)22-21-16(23(38)35-22)9-14(36-5-6-42-25(36)40)10-19(21)34-24(39)37-11-26(41,27(31,32)33)17-8-13(30)2-4-20(17)37/h1-4,7-10,22,41H,5-6,11H2,(H,34,39)(H,35,38)/t22-,26+/m1/s1. The number of nitrogens with one attached hydrogen (secondary N) is 2. The van der Waals surface area contributed by atoms with Gasteiger partial charge in [-0.2, -0.15) is 13.2 Å². The molecular weight excluding hydrogens is 591 g/mol. The third-order valence-electron chi connectivity index (χ3n) is 7.35. The van der Waals surface area contributed by atoms with Crippen molar-refractivity contribution in [2.45, 2.75) is 17.8 Å². The summed E-state index contributed by atoms with van der Waals surface area (Å²) < 4.78 is 74.9. The van der Waals surface area contributed by atoms with E-state index in [-0.39, 0.29) is 46.2 Å². The van der Waals surface area contributed by atoms with Crippen LogP contribution in [0, 0.1) is 11.6 Å². The first-order valence-corrected chi connectivity index (χ1v) is 12.7. The number of carbonyl (C=O) groups is 3. The highest BCUT2D eigenvalue weighted by Gasteiger charge is 2.61. The second kappa shape index (κ2) is 9.56. The number of benzene rings is 3. The van der Waals surface area contributed by atoms with Crippen molar-refractivity contribution in [3.63, 3.8) is 0 Å². The van der Waals surface area contributed by atoms with Gasteiger partial charge in [-0.25, -0.2) is 18.4 Å². The van der Waals surface area contributed by atoms with Crippen molar-refractivity contribution in [2.24, 2.45) is 0 Å². The van der Waals surface area contributed by atoms with Crippen LogP contribution in [-0.4, -0.2) is 49.0 Å². The van der Waals surface area contributed by atoms with Crippen LogP contribution >= 0.6 is 11.6 Å². The van der Waals surface area contributed by atoms with E-state index in [1.807, 2.05) is 0 Å². The van der Waals surface area contributed by atoms with Crippen LogP contribution in [0.2, 0.25) is 5.02 Å². The fraction of sp³-hybridized carbons (Fsp3) is 0.222. The quantitative estimate of drug-likeness (QED) is 0.354. The normalized spacial score (nSPS) is 21.3. The topological polar surface area (TPSA) is 111 Å². The molecule has 0 bridgehead atoms. The van der Waals surface area contributed by atoms with E-state index in [0.29, 0.717) is 11.0 Å². The van der Waals surface area contributed by atoms with E-state index < -0.39 is 65.3 Å². The second-order valence-electron chi connectivity index (χ2n) is 9.83. The maximum Gasteiger partial charge on any atom is 0.423 e. The molecule has 0 spiro atoms. The first-order valence-electron chi connectivity index (χ1n) is 12.3. The first-order chi connectivity index (χ1) is 19.8. The van der Waals surface area contributed by atoms with E-state index in [2.05, 4.69) is 10.6 Å². The molecule has 0 unspecified atom stereocenters. The Morgan fingerprint density at radius 2 is 1.81 bits per heavy atom. The highest BCUT2D eigenvalue weighted by Crippen LogP contribution is 2.49. The van der Waals surface area contributed by atoms with Crippen LogP contribution in [0.3, 0.4) is 0 Å². The molecule has 218 valence electrons. The van der Waals surface area contributed by atoms with Crippen molar-refractivity contribution in [2.75, 3.05) is 34.8 Å². The Hall–Kier alpha value is -4.43. The van der Waals surface area contributed by atoms with Crippen LogP contribution in [0.15, 0.2) is 48.5 Å². The second-order valence-corrected chi connectivity index (χ2v) is 10.2. The number of amides is 4. The summed E-state index contributed by atoms with van der Waals surface area (Å²) >= 11 is 6.30. The highest BCUT2D eigenvalue weighted by molar-refractivity contribution is 6.31. The van der Waals surface area contributed by atoms with Crippen molar-refractivity contribution in [1.29, 1.82) is 0 Å². The largest absolute Gasteiger partial charge is 0.447 e. The smallest absolute Gasteiger partial charge is 0.423 e. The monoisotopic (exact) mass is 608 g/mol. The molecular formula is C27H18ClF5N4O5. The van der Waals surface area contributed by atoms with E-state index in [0.717, 1.165) is 24.3 Å². The summed E-state index contributed by atoms with van der Waals surface area (Å²) in [6, 6.07) is 6.10. The molecule has 15 heteroatoms. The van der Waals surface area contributed by atoms with Crippen molar-refractivity contribution in [1.82, 2.24) is 5.32 Å². The lowest BCUT2D eigenvalue weighted by Crippen LogP contribution is -2.48. The zero-order valence-electron chi connectivity index (χ0n) is 21.1. The van der Waals surface area contributed by atoms with Crippen molar-refractivity contribution in [3.05, 3.63) is 87.4 Å². The number of alkyl halides is 3. The average Bonchev–Trinajstić information content (AvgIpc) is 3.59. The van der Waals surface area contributed by atoms with Gasteiger partial charge in [-0.3, -0.25) is 14.6 Å². The highest BCUT2D eigenvalue weighted by atomic mass is 35.5. The minimum Gasteiger partial charge on any atom is -0.447 e. The maximum atomic E-state index is 14.2. The minimum atomic E-state index is -5.27. The molecule has 3 aliphatic heterocycles. The third-order valence-corrected chi connectivity index (χ3v) is 7.70. The predicted octanol–water partition coefficient (Wildman–Crippen LogP) is 5.21. The van der Waals surface area contributed by atoms with Gasteiger partial charge in [0.05, 0.1) is 36.2 Å². The summed E-state index contributed by atoms with van der Waals surface area (Å²) in [5.74, 6) is -2.39. The lowest BCUT2D eigenvalue weighted by molar-refractivity contribution is -0.258. The summed E-state index contributed by atoms with van der Waals surface area (Å²) in [6.45, 7) is -1.14. The van der Waals surface area contributed by atoms with Crippen LogP contribution in [0.5, 0.6) is 0 Å². The molecule has 3 N–H and O–H groups in total. The van der Waals surface area contributed by atoms with Gasteiger partial charge in [0.1, 0.15) is 18.2 Å². The number of hydrogen-bond acceptors (Lipinski definition) is 5. The number of fused-ring (bicyclic) bond motifs is 2. The molecule has 42 heavy (non-hydrogen) atoms. The Kier molecular flexibility index (Phi) is 6.31. The van der Waals surface area contributed by atoms with Gasteiger partial charge in [-0.1, -0.05) is 11.6 Å². The predicted molar refractivity (Wildman–Crippen MR) is 139 cm³/mol. The molecule has 0 saturated carbocycles. The number of rotatable bonds is 3. The molecule has 3 aromatic rings. The van der Waals surface area contributed by atoms with Gasteiger partial charge in [0.25, 0.3) is 5.91 Å². The number of aliphatic hydroxyl groups is 1. The fourth-order valence-corrected chi connectivity index (χ4v) is 5.58. The van der Waals surface area contributed by atoms with Gasteiger partial charge in [-0.15, -0.1) is 0 Å². The van der Waals surface area contributed by atoms with Crippen LogP contribution in [-0.2, 0) is 10.3 Å². The molecule has 6 rings (SSSR count). The third kappa shape index (κ3) is 4.29. The van der Waals surface area contributed by atoms with Gasteiger partial charge < -0.3 is 20.5 Å². The molecule has 4 amide bonds. The zero-order valence-corrected chi connectivity index (χ0v) is 21.8. The Balaban J connectivity index is 1.46. The summed E-state index contributed by atoms with van der Waals surface area (Å²) in [7, 11) is 0. The molecule has 9 nitrogen and oxygen atoms in total. The Labute approximate surface area is 238 Å². The number of urea groups is 1. The number of hydrogen-bond donors (Lipinski definition) is 3. The molecule has 2 atom stereocenters. The van der Waals surface area contributed by atoms with Crippen LogP contribution in [0.4, 0.5) is 48.6 Å². The molecule has 3 heterocycles. The number of nitrogens with zero attached hydrogens (tertiary/aromatic N) is 2. The van der Waals surface area contributed by atoms with Gasteiger partial charge in [0.2, 0.25) is 5.60 Å². The Morgan fingerprint density at radius 1 is 1.10 bits per heavy atom. The molecule has 3 aromatic carbocycles. The molecule has 0 radical (unpaired) electrons. The summed E-state index contributed by atoms with van der Waals surface area (Å²) in [4.78, 5) is 40.7. The van der Waals surface area contributed by atoms with Crippen LogP contribution < -0.4 is 20.4 Å². The Morgan fingerprint density at radius 3 is 2.50 bits per heavy atom. The zero-order chi connectivity index (χ0) is 30.1. The van der Waals surface area contributed by atoms with Gasteiger partial charge in [0, 0.05) is 27.3 Å². The number of carbonyl (C=O) groups excluding carboxylic acids is 3. The molecule has 0 aliphatic carbocycles. The van der Waals surface area contributed by atoms with E-state index in [4.69, 9.17) is 16.3 Å². The molecule has 3 aliphatic rings. The maximum absolute atomic E-state index is 14.2. The first kappa shape index (κ1) is 27.7. The summed E-state index contributed by atoms with van der Waals surface area (Å²) in [5.41, 5.74) is -4.62. The average molecular weight is 609 g/mol. The molecule has 1 saturated heterocycles. The van der Waals surface area contributed by atoms with Crippen molar-refractivity contribution < 1.29 is 46.2 Å². The van der Waals surface area contributed by atoms with E-state index in [1.165, 1.54) is 23.1 Å². The number of halogens is 6. The summed E-state index contributed by atoms with van der Waals surface area (Å²) in [5, 5.41) is 15.8. The van der Waals surface area contributed by atoms with Gasteiger partial charge >= 0.3 is 18.3 Å². The fourth-order valence-electron chi connectivity index (χ4n) is 5.35. The van der Waals surface area contributed by atoms with Crippen molar-refractivity contribution in [3.8, 4) is 0 Å². The molecule has 0 aromatic heterocycles. The Bertz CT molecular complexity index is 1690. The minimum absolute atomic E-state index is 0.0245. The SMILES string of the molecule is O=C1N[C@H](c2cc(F)ccc2Cl)c2c(NC(=O)N3C[C@@](O)(C(F)(F)F)c4cc(F)ccc43)cc(N3CCOC3=O)cc21. The van der Waals surface area contributed by atoms with E-state index >= 15 is 0 Å². The van der Waals surface area contributed by atoms with Gasteiger partial charge in [-0.05, 0) is 48.5 Å². The van der Waals surface area contributed by atoms with Gasteiger partial charge in [0.15, 0.2) is 0 Å². The number of β-amino-alcohol motifs (C(OH)–C–C–N with tert-alkyl or cyclic N) is 1. The van der Waals surface area contributed by atoms with Crippen molar-refractivity contribution >= 4 is 46.7 Å². The lowest BCUT2D eigenvalue weighted by atomic mass is 9.95. The number of cyclic esters (lactones) is 1. The van der Waals surface area contributed by atoms with E-state index in [9.17, 15) is 41.4 Å².